The van der Waals surface area contributed by atoms with Gasteiger partial charge in [-0.2, -0.15) is 5.10 Å². The van der Waals surface area contributed by atoms with E-state index in [4.69, 9.17) is 5.11 Å². The van der Waals surface area contributed by atoms with Gasteiger partial charge >= 0.3 is 0 Å². The molecule has 18 heavy (non-hydrogen) atoms. The van der Waals surface area contributed by atoms with Gasteiger partial charge in [-0.05, 0) is 12.5 Å². The van der Waals surface area contributed by atoms with Crippen LogP contribution in [0, 0.1) is 0 Å². The van der Waals surface area contributed by atoms with Crippen LogP contribution in [0.3, 0.4) is 0 Å². The topological polar surface area (TPSA) is 50.1 Å². The number of aromatic nitrogens is 2. The van der Waals surface area contributed by atoms with Crippen molar-refractivity contribution in [2.75, 3.05) is 6.61 Å². The number of rotatable bonds is 6. The Hall–Kier alpha value is -1.65. The van der Waals surface area contributed by atoms with Crippen molar-refractivity contribution >= 4 is 0 Å². The summed E-state index contributed by atoms with van der Waals surface area (Å²) in [5, 5.41) is 16.5. The molecule has 4 heteroatoms. The third-order valence-corrected chi connectivity index (χ3v) is 2.80. The average molecular weight is 245 g/mol. The van der Waals surface area contributed by atoms with Crippen molar-refractivity contribution in [1.82, 2.24) is 15.1 Å². The third-order valence-electron chi connectivity index (χ3n) is 2.80. The first-order valence-corrected chi connectivity index (χ1v) is 6.17. The van der Waals surface area contributed by atoms with Crippen molar-refractivity contribution < 1.29 is 5.11 Å². The van der Waals surface area contributed by atoms with Crippen LogP contribution in [0.4, 0.5) is 0 Å². The number of aliphatic hydroxyl groups is 1. The SMILES string of the molecule is CC(CO)NCc1cnn(Cc2ccccc2)c1. The van der Waals surface area contributed by atoms with Gasteiger partial charge in [0.2, 0.25) is 0 Å². The Balaban J connectivity index is 1.90. The summed E-state index contributed by atoms with van der Waals surface area (Å²) in [6.07, 6.45) is 3.89. The van der Waals surface area contributed by atoms with Crippen molar-refractivity contribution in [3.05, 3.63) is 53.9 Å². The van der Waals surface area contributed by atoms with Gasteiger partial charge in [-0.3, -0.25) is 4.68 Å². The van der Waals surface area contributed by atoms with E-state index >= 15 is 0 Å². The Morgan fingerprint density at radius 2 is 2.06 bits per heavy atom. The van der Waals surface area contributed by atoms with Crippen LogP contribution in [0.25, 0.3) is 0 Å². The minimum absolute atomic E-state index is 0.113. The average Bonchev–Trinajstić information content (AvgIpc) is 2.85. The summed E-state index contributed by atoms with van der Waals surface area (Å²) >= 11 is 0. The standard InChI is InChI=1S/C14H19N3O/c1-12(11-18)15-7-14-8-16-17(10-14)9-13-5-3-2-4-6-13/h2-6,8,10,12,15,18H,7,9,11H2,1H3. The Labute approximate surface area is 107 Å². The highest BCUT2D eigenvalue weighted by molar-refractivity contribution is 5.15. The van der Waals surface area contributed by atoms with Crippen LogP contribution in [0.2, 0.25) is 0 Å². The Kier molecular flexibility index (Phi) is 4.50. The van der Waals surface area contributed by atoms with Gasteiger partial charge < -0.3 is 10.4 Å². The van der Waals surface area contributed by atoms with E-state index in [0.717, 1.165) is 18.7 Å². The van der Waals surface area contributed by atoms with Crippen LogP contribution >= 0.6 is 0 Å². The smallest absolute Gasteiger partial charge is 0.0659 e. The zero-order chi connectivity index (χ0) is 12.8. The van der Waals surface area contributed by atoms with E-state index in [1.54, 1.807) is 0 Å². The van der Waals surface area contributed by atoms with Crippen molar-refractivity contribution in [1.29, 1.82) is 0 Å². The fourth-order valence-corrected chi connectivity index (χ4v) is 1.71. The van der Waals surface area contributed by atoms with Gasteiger partial charge in [-0.1, -0.05) is 30.3 Å². The lowest BCUT2D eigenvalue weighted by atomic mass is 10.2. The molecule has 1 aromatic carbocycles. The molecule has 0 aliphatic carbocycles. The molecule has 0 fully saturated rings. The highest BCUT2D eigenvalue weighted by Crippen LogP contribution is 2.04. The Morgan fingerprint density at radius 3 is 2.78 bits per heavy atom. The fraction of sp³-hybridized carbons (Fsp3) is 0.357. The molecule has 0 spiro atoms. The molecule has 2 rings (SSSR count). The minimum Gasteiger partial charge on any atom is -0.395 e. The second-order valence-electron chi connectivity index (χ2n) is 4.50. The van der Waals surface area contributed by atoms with Crippen LogP contribution in [-0.2, 0) is 13.1 Å². The van der Waals surface area contributed by atoms with Crippen LogP contribution < -0.4 is 5.32 Å². The van der Waals surface area contributed by atoms with E-state index < -0.39 is 0 Å². The molecule has 4 nitrogen and oxygen atoms in total. The van der Waals surface area contributed by atoms with E-state index in [9.17, 15) is 0 Å². The van der Waals surface area contributed by atoms with Gasteiger partial charge in [0.15, 0.2) is 0 Å². The largest absolute Gasteiger partial charge is 0.395 e. The molecule has 1 atom stereocenters. The molecule has 0 saturated carbocycles. The van der Waals surface area contributed by atoms with Crippen LogP contribution in [0.15, 0.2) is 42.7 Å². The van der Waals surface area contributed by atoms with E-state index in [0.29, 0.717) is 0 Å². The summed E-state index contributed by atoms with van der Waals surface area (Å²) < 4.78 is 1.93. The molecule has 0 aliphatic heterocycles. The van der Waals surface area contributed by atoms with Crippen LogP contribution in [-0.4, -0.2) is 27.5 Å². The summed E-state index contributed by atoms with van der Waals surface area (Å²) in [5.74, 6) is 0. The lowest BCUT2D eigenvalue weighted by Crippen LogP contribution is -2.28. The molecular formula is C14H19N3O. The van der Waals surface area contributed by atoms with E-state index in [1.807, 2.05) is 42.2 Å². The van der Waals surface area contributed by atoms with Crippen molar-refractivity contribution in [3.8, 4) is 0 Å². The third kappa shape index (κ3) is 3.68. The molecule has 2 aromatic rings. The summed E-state index contributed by atoms with van der Waals surface area (Å²) in [5.41, 5.74) is 2.37. The maximum absolute atomic E-state index is 8.93. The van der Waals surface area contributed by atoms with Gasteiger partial charge in [0.1, 0.15) is 0 Å². The molecule has 0 amide bonds. The predicted octanol–water partition coefficient (Wildman–Crippen LogP) is 1.40. The zero-order valence-corrected chi connectivity index (χ0v) is 10.6. The van der Waals surface area contributed by atoms with Crippen LogP contribution in [0.1, 0.15) is 18.1 Å². The molecule has 2 N–H and O–H groups in total. The monoisotopic (exact) mass is 245 g/mol. The number of benzene rings is 1. The lowest BCUT2D eigenvalue weighted by molar-refractivity contribution is 0.251. The highest BCUT2D eigenvalue weighted by Gasteiger charge is 2.02. The minimum atomic E-state index is 0.113. The summed E-state index contributed by atoms with van der Waals surface area (Å²) in [4.78, 5) is 0. The normalized spacial score (nSPS) is 12.6. The number of hydrogen-bond acceptors (Lipinski definition) is 3. The first-order chi connectivity index (χ1) is 8.78. The second kappa shape index (κ2) is 6.33. The summed E-state index contributed by atoms with van der Waals surface area (Å²) in [6, 6.07) is 10.4. The molecule has 1 unspecified atom stereocenters. The lowest BCUT2D eigenvalue weighted by Gasteiger charge is -2.08. The number of aliphatic hydroxyl groups excluding tert-OH is 1. The van der Waals surface area contributed by atoms with E-state index in [-0.39, 0.29) is 12.6 Å². The van der Waals surface area contributed by atoms with E-state index in [1.165, 1.54) is 5.56 Å². The Bertz CT molecular complexity index is 467. The first-order valence-electron chi connectivity index (χ1n) is 6.17. The van der Waals surface area contributed by atoms with Crippen molar-refractivity contribution in [3.63, 3.8) is 0 Å². The molecule has 0 radical (unpaired) electrons. The number of hydrogen-bond donors (Lipinski definition) is 2. The van der Waals surface area contributed by atoms with Crippen molar-refractivity contribution in [2.45, 2.75) is 26.1 Å². The van der Waals surface area contributed by atoms with Crippen molar-refractivity contribution in [2.24, 2.45) is 0 Å². The second-order valence-corrected chi connectivity index (χ2v) is 4.50. The predicted molar refractivity (Wildman–Crippen MR) is 71.2 cm³/mol. The van der Waals surface area contributed by atoms with Gasteiger partial charge in [0.05, 0.1) is 19.3 Å². The molecule has 0 bridgehead atoms. The maximum atomic E-state index is 8.93. The maximum Gasteiger partial charge on any atom is 0.0659 e. The Morgan fingerprint density at radius 1 is 1.28 bits per heavy atom. The van der Waals surface area contributed by atoms with Gasteiger partial charge in [-0.15, -0.1) is 0 Å². The highest BCUT2D eigenvalue weighted by atomic mass is 16.3. The summed E-state index contributed by atoms with van der Waals surface area (Å²) in [7, 11) is 0. The van der Waals surface area contributed by atoms with Crippen LogP contribution in [0.5, 0.6) is 0 Å². The number of nitrogens with zero attached hydrogens (tertiary/aromatic N) is 2. The fourth-order valence-electron chi connectivity index (χ4n) is 1.71. The molecular weight excluding hydrogens is 226 g/mol. The van der Waals surface area contributed by atoms with E-state index in [2.05, 4.69) is 22.5 Å². The van der Waals surface area contributed by atoms with Gasteiger partial charge in [-0.25, -0.2) is 0 Å². The molecule has 1 heterocycles. The number of nitrogens with one attached hydrogen (secondary N) is 1. The molecule has 1 aromatic heterocycles. The zero-order valence-electron chi connectivity index (χ0n) is 10.6. The van der Waals surface area contributed by atoms with Gasteiger partial charge in [0.25, 0.3) is 0 Å². The first kappa shape index (κ1) is 12.8. The van der Waals surface area contributed by atoms with Gasteiger partial charge in [0, 0.05) is 24.3 Å². The quantitative estimate of drug-likeness (QED) is 0.809. The molecule has 96 valence electrons. The summed E-state index contributed by atoms with van der Waals surface area (Å²) in [6.45, 7) is 3.62. The molecule has 0 aliphatic rings. The molecule has 0 saturated heterocycles.